The fraction of sp³-hybridized carbons (Fsp3) is 0.312. The molecule has 1 amide bonds. The van der Waals surface area contributed by atoms with E-state index >= 15 is 0 Å². The van der Waals surface area contributed by atoms with Crippen molar-refractivity contribution >= 4 is 5.91 Å². The summed E-state index contributed by atoms with van der Waals surface area (Å²) >= 11 is 0. The molecule has 126 valence electrons. The topological polar surface area (TPSA) is 127 Å². The first-order valence-electron chi connectivity index (χ1n) is 7.33. The van der Waals surface area contributed by atoms with Crippen molar-refractivity contribution in [2.75, 3.05) is 0 Å². The molecule has 0 aliphatic carbocycles. The number of nitrogens with zero attached hydrogens (tertiary/aromatic N) is 1. The lowest BCUT2D eigenvalue weighted by Gasteiger charge is -2.42. The van der Waals surface area contributed by atoms with Gasteiger partial charge in [0, 0.05) is 23.3 Å². The summed E-state index contributed by atoms with van der Waals surface area (Å²) in [5.74, 6) is -0.248. The van der Waals surface area contributed by atoms with Gasteiger partial charge in [0.2, 0.25) is 5.91 Å². The Kier molecular flexibility index (Phi) is 3.56. The van der Waals surface area contributed by atoms with Crippen LogP contribution in [-0.4, -0.2) is 32.5 Å². The van der Waals surface area contributed by atoms with Crippen LogP contribution < -0.4 is 21.6 Å². The van der Waals surface area contributed by atoms with Crippen LogP contribution in [0, 0.1) is 0 Å². The van der Waals surface area contributed by atoms with Crippen LogP contribution in [-0.2, 0) is 0 Å². The second-order valence-corrected chi connectivity index (χ2v) is 6.23. The molecule has 2 aromatic rings. The minimum atomic E-state index is -1.15. The molecule has 0 saturated heterocycles. The van der Waals surface area contributed by atoms with Gasteiger partial charge >= 0.3 is 0 Å². The van der Waals surface area contributed by atoms with Crippen LogP contribution in [0.3, 0.4) is 0 Å². The molecule has 0 saturated carbocycles. The number of primary amides is 1. The van der Waals surface area contributed by atoms with E-state index in [2.05, 4.69) is 5.10 Å². The largest absolute Gasteiger partial charge is 0.485 e. The van der Waals surface area contributed by atoms with Gasteiger partial charge in [-0.2, -0.15) is 0 Å². The molecule has 1 aromatic carbocycles. The van der Waals surface area contributed by atoms with E-state index in [1.165, 1.54) is 12.1 Å². The first kappa shape index (κ1) is 16.0. The molecule has 2 unspecified atom stereocenters. The number of carbonyl (C=O) groups excluding carboxylic acids is 1. The van der Waals surface area contributed by atoms with E-state index in [4.69, 9.17) is 10.5 Å². The second-order valence-electron chi connectivity index (χ2n) is 6.23. The van der Waals surface area contributed by atoms with Crippen LogP contribution >= 0.6 is 0 Å². The van der Waals surface area contributed by atoms with Crippen molar-refractivity contribution in [3.05, 3.63) is 62.2 Å². The molecule has 0 fully saturated rings. The third kappa shape index (κ3) is 2.50. The SMILES string of the molecule is CC1(C)Oc2ccc(C(N)=O)cc2C(n2[nH]c(=O)ccc2=O)C1O. The zero-order valence-corrected chi connectivity index (χ0v) is 13.1. The molecule has 1 aliphatic heterocycles. The predicted octanol–water partition coefficient (Wildman–Crippen LogP) is -0.243. The maximum atomic E-state index is 12.2. The number of aromatic amines is 1. The molecule has 0 radical (unpaired) electrons. The van der Waals surface area contributed by atoms with Crippen molar-refractivity contribution < 1.29 is 14.6 Å². The molecule has 8 heteroatoms. The van der Waals surface area contributed by atoms with Gasteiger partial charge in [0.15, 0.2) is 0 Å². The number of aliphatic hydroxyl groups is 1. The number of aromatic nitrogens is 2. The lowest BCUT2D eigenvalue weighted by molar-refractivity contribution is -0.0668. The van der Waals surface area contributed by atoms with Gasteiger partial charge in [0.05, 0.1) is 0 Å². The predicted molar refractivity (Wildman–Crippen MR) is 85.1 cm³/mol. The Morgan fingerprint density at radius 2 is 2.00 bits per heavy atom. The van der Waals surface area contributed by atoms with Crippen molar-refractivity contribution in [2.45, 2.75) is 31.6 Å². The zero-order valence-electron chi connectivity index (χ0n) is 13.1. The second kappa shape index (κ2) is 5.34. The molecule has 24 heavy (non-hydrogen) atoms. The molecule has 1 aliphatic rings. The van der Waals surface area contributed by atoms with E-state index in [1.807, 2.05) is 0 Å². The van der Waals surface area contributed by atoms with Gasteiger partial charge in [-0.3, -0.25) is 19.5 Å². The van der Waals surface area contributed by atoms with Crippen molar-refractivity contribution in [1.29, 1.82) is 0 Å². The van der Waals surface area contributed by atoms with Gasteiger partial charge in [-0.05, 0) is 32.0 Å². The Hall–Kier alpha value is -2.87. The maximum absolute atomic E-state index is 12.2. The van der Waals surface area contributed by atoms with Gasteiger partial charge in [0.1, 0.15) is 23.5 Å². The van der Waals surface area contributed by atoms with Gasteiger partial charge in [-0.15, -0.1) is 0 Å². The normalized spacial score (nSPS) is 21.6. The summed E-state index contributed by atoms with van der Waals surface area (Å²) in [5.41, 5.74) is 3.91. The van der Waals surface area contributed by atoms with Crippen LogP contribution in [0.4, 0.5) is 0 Å². The first-order valence-corrected chi connectivity index (χ1v) is 7.33. The van der Waals surface area contributed by atoms with Crippen LogP contribution in [0.1, 0.15) is 35.8 Å². The quantitative estimate of drug-likeness (QED) is 0.699. The Bertz CT molecular complexity index is 928. The summed E-state index contributed by atoms with van der Waals surface area (Å²) in [7, 11) is 0. The first-order chi connectivity index (χ1) is 11.2. The van der Waals surface area contributed by atoms with Gasteiger partial charge < -0.3 is 15.6 Å². The molecule has 0 bridgehead atoms. The molecule has 2 heterocycles. The van der Waals surface area contributed by atoms with Crippen molar-refractivity contribution in [3.8, 4) is 5.75 Å². The van der Waals surface area contributed by atoms with E-state index in [1.54, 1.807) is 19.9 Å². The minimum Gasteiger partial charge on any atom is -0.485 e. The summed E-state index contributed by atoms with van der Waals surface area (Å²) in [5, 5.41) is 13.1. The number of hydrogen-bond donors (Lipinski definition) is 3. The Morgan fingerprint density at radius 1 is 1.29 bits per heavy atom. The highest BCUT2D eigenvalue weighted by molar-refractivity contribution is 5.93. The number of rotatable bonds is 2. The molecule has 1 aromatic heterocycles. The maximum Gasteiger partial charge on any atom is 0.265 e. The van der Waals surface area contributed by atoms with E-state index in [-0.39, 0.29) is 5.56 Å². The van der Waals surface area contributed by atoms with Crippen molar-refractivity contribution in [2.24, 2.45) is 5.73 Å². The zero-order chi connectivity index (χ0) is 17.6. The fourth-order valence-electron chi connectivity index (χ4n) is 2.85. The fourth-order valence-corrected chi connectivity index (χ4v) is 2.85. The molecule has 8 nitrogen and oxygen atoms in total. The van der Waals surface area contributed by atoms with Crippen molar-refractivity contribution in [1.82, 2.24) is 9.78 Å². The van der Waals surface area contributed by atoms with Gasteiger partial charge in [0.25, 0.3) is 11.1 Å². The number of ether oxygens (including phenoxy) is 1. The molecule has 0 spiro atoms. The number of aliphatic hydroxyl groups excluding tert-OH is 1. The number of nitrogens with two attached hydrogens (primary N) is 1. The van der Waals surface area contributed by atoms with E-state index < -0.39 is 34.8 Å². The molecular formula is C16H17N3O5. The highest BCUT2D eigenvalue weighted by atomic mass is 16.5. The number of fused-ring (bicyclic) bond motifs is 1. The van der Waals surface area contributed by atoms with Gasteiger partial charge in [-0.1, -0.05) is 0 Å². The van der Waals surface area contributed by atoms with E-state index in [0.29, 0.717) is 11.3 Å². The van der Waals surface area contributed by atoms with Crippen LogP contribution in [0.15, 0.2) is 39.9 Å². The summed E-state index contributed by atoms with van der Waals surface area (Å²) < 4.78 is 6.82. The number of carbonyl (C=O) groups is 1. The summed E-state index contributed by atoms with van der Waals surface area (Å²) in [6, 6.07) is 5.81. The van der Waals surface area contributed by atoms with Crippen LogP contribution in [0.5, 0.6) is 5.75 Å². The highest BCUT2D eigenvalue weighted by Crippen LogP contribution is 2.41. The summed E-state index contributed by atoms with van der Waals surface area (Å²) in [6.45, 7) is 3.34. The van der Waals surface area contributed by atoms with Crippen LogP contribution in [0.25, 0.3) is 0 Å². The Morgan fingerprint density at radius 3 is 2.67 bits per heavy atom. The number of benzene rings is 1. The average Bonchev–Trinajstić information content (AvgIpc) is 2.50. The minimum absolute atomic E-state index is 0.209. The average molecular weight is 331 g/mol. The molecular weight excluding hydrogens is 314 g/mol. The molecule has 4 N–H and O–H groups in total. The van der Waals surface area contributed by atoms with E-state index in [0.717, 1.165) is 16.8 Å². The molecule has 2 atom stereocenters. The number of nitrogens with one attached hydrogen (secondary N) is 1. The standard InChI is InChI=1S/C16H17N3O5/c1-16(2)14(22)13(19-12(21)6-5-11(20)18-19)9-7-8(15(17)23)3-4-10(9)24-16/h3-7,13-14,22H,1-2H3,(H2,17,23)(H,18,20). The highest BCUT2D eigenvalue weighted by Gasteiger charge is 2.44. The monoisotopic (exact) mass is 331 g/mol. The number of amides is 1. The van der Waals surface area contributed by atoms with Crippen LogP contribution in [0.2, 0.25) is 0 Å². The molecule has 3 rings (SSSR count). The van der Waals surface area contributed by atoms with Crippen molar-refractivity contribution in [3.63, 3.8) is 0 Å². The Balaban J connectivity index is 2.29. The lowest BCUT2D eigenvalue weighted by atomic mass is 9.86. The number of H-pyrrole nitrogens is 1. The van der Waals surface area contributed by atoms with E-state index in [9.17, 15) is 19.5 Å². The Labute approximate surface area is 136 Å². The lowest BCUT2D eigenvalue weighted by Crippen LogP contribution is -2.53. The van der Waals surface area contributed by atoms with Gasteiger partial charge in [-0.25, -0.2) is 4.68 Å². The smallest absolute Gasteiger partial charge is 0.265 e. The summed E-state index contributed by atoms with van der Waals surface area (Å²) in [6.07, 6.45) is -1.15. The summed E-state index contributed by atoms with van der Waals surface area (Å²) in [4.78, 5) is 35.3. The third-order valence-electron chi connectivity index (χ3n) is 4.12. The third-order valence-corrected chi connectivity index (χ3v) is 4.12. The number of hydrogen-bond acceptors (Lipinski definition) is 5.